The Morgan fingerprint density at radius 1 is 0.905 bits per heavy atom. The Morgan fingerprint density at radius 3 is 2.40 bits per heavy atom. The minimum atomic E-state index is 0.406. The number of nitrogens with zero attached hydrogens (tertiary/aromatic N) is 7. The van der Waals surface area contributed by atoms with Gasteiger partial charge in [0.25, 0.3) is 0 Å². The molecule has 0 unspecified atom stereocenters. The third-order valence-electron chi connectivity index (χ3n) is 9.05. The summed E-state index contributed by atoms with van der Waals surface area (Å²) in [6.45, 7) is 6.66. The molecule has 0 amide bonds. The SMILES string of the molecule is Cc1nc(Nc2ccc(-c3cn(C4CCC(N5CCN(C)CC5)CC4)c4ncnc(N)c34)cc2)nc2ccc(Cl)cc12. The number of hydrogen-bond donors (Lipinski definition) is 2. The van der Waals surface area contributed by atoms with Crippen LogP contribution in [0.15, 0.2) is 55.0 Å². The predicted molar refractivity (Wildman–Crippen MR) is 170 cm³/mol. The molecule has 10 heteroatoms. The molecule has 0 spiro atoms. The van der Waals surface area contributed by atoms with Gasteiger partial charge < -0.3 is 20.5 Å². The van der Waals surface area contributed by atoms with Crippen molar-refractivity contribution in [1.82, 2.24) is 34.3 Å². The number of nitrogens with two attached hydrogens (primary N) is 1. The second kappa shape index (κ2) is 11.1. The van der Waals surface area contributed by atoms with Crippen molar-refractivity contribution in [2.24, 2.45) is 0 Å². The first-order valence-corrected chi connectivity index (χ1v) is 15.2. The summed E-state index contributed by atoms with van der Waals surface area (Å²) in [5, 5.41) is 5.90. The lowest BCUT2D eigenvalue weighted by molar-refractivity contribution is 0.0828. The zero-order valence-electron chi connectivity index (χ0n) is 24.1. The maximum atomic E-state index is 6.46. The van der Waals surface area contributed by atoms with Crippen molar-refractivity contribution < 1.29 is 0 Å². The van der Waals surface area contributed by atoms with Gasteiger partial charge in [0.1, 0.15) is 17.8 Å². The van der Waals surface area contributed by atoms with E-state index in [4.69, 9.17) is 22.3 Å². The smallest absolute Gasteiger partial charge is 0.228 e. The Balaban J connectivity index is 1.12. The van der Waals surface area contributed by atoms with Gasteiger partial charge in [0.05, 0.1) is 16.6 Å². The molecular weight excluding hydrogens is 546 g/mol. The van der Waals surface area contributed by atoms with Crippen LogP contribution in [0.3, 0.4) is 0 Å². The third-order valence-corrected chi connectivity index (χ3v) is 9.29. The molecular formula is C32H36ClN9. The van der Waals surface area contributed by atoms with E-state index in [9.17, 15) is 0 Å². The van der Waals surface area contributed by atoms with E-state index < -0.39 is 0 Å². The molecule has 4 heterocycles. The molecule has 1 saturated heterocycles. The number of rotatable bonds is 5. The minimum absolute atomic E-state index is 0.406. The highest BCUT2D eigenvalue weighted by molar-refractivity contribution is 6.31. The van der Waals surface area contributed by atoms with Gasteiger partial charge in [-0.05, 0) is 75.5 Å². The molecule has 7 rings (SSSR count). The van der Waals surface area contributed by atoms with Crippen LogP contribution in [-0.4, -0.2) is 73.6 Å². The number of benzene rings is 2. The quantitative estimate of drug-likeness (QED) is 0.258. The van der Waals surface area contributed by atoms with Gasteiger partial charge in [0.2, 0.25) is 5.95 Å². The summed E-state index contributed by atoms with van der Waals surface area (Å²) in [4.78, 5) is 23.5. The molecule has 42 heavy (non-hydrogen) atoms. The first-order chi connectivity index (χ1) is 20.4. The normalized spacial score (nSPS) is 20.4. The van der Waals surface area contributed by atoms with Gasteiger partial charge in [-0.3, -0.25) is 4.90 Å². The molecule has 9 nitrogen and oxygen atoms in total. The number of likely N-dealkylation sites (N-methyl/N-ethyl adjacent to an activating group) is 1. The number of aromatic nitrogens is 5. The van der Waals surface area contributed by atoms with Crippen LogP contribution in [0, 0.1) is 6.92 Å². The van der Waals surface area contributed by atoms with Crippen molar-refractivity contribution in [2.45, 2.75) is 44.7 Å². The van der Waals surface area contributed by atoms with Crippen LogP contribution in [-0.2, 0) is 0 Å². The van der Waals surface area contributed by atoms with Gasteiger partial charge in [-0.15, -0.1) is 0 Å². The number of halogens is 1. The molecule has 2 fully saturated rings. The number of fused-ring (bicyclic) bond motifs is 2. The van der Waals surface area contributed by atoms with Crippen molar-refractivity contribution in [2.75, 3.05) is 44.3 Å². The predicted octanol–water partition coefficient (Wildman–Crippen LogP) is 6.06. The molecule has 1 aliphatic heterocycles. The Kier molecular flexibility index (Phi) is 7.17. The molecule has 2 aromatic carbocycles. The lowest BCUT2D eigenvalue weighted by Gasteiger charge is -2.41. The van der Waals surface area contributed by atoms with Crippen LogP contribution in [0.5, 0.6) is 0 Å². The fourth-order valence-corrected chi connectivity index (χ4v) is 6.84. The topological polar surface area (TPSA) is 101 Å². The van der Waals surface area contributed by atoms with Crippen LogP contribution in [0.4, 0.5) is 17.5 Å². The van der Waals surface area contributed by atoms with Crippen molar-refractivity contribution >= 4 is 51.0 Å². The Hall–Kier alpha value is -3.79. The van der Waals surface area contributed by atoms with E-state index in [0.29, 0.717) is 28.9 Å². The highest BCUT2D eigenvalue weighted by atomic mass is 35.5. The molecule has 0 bridgehead atoms. The average molecular weight is 582 g/mol. The maximum absolute atomic E-state index is 6.46. The summed E-state index contributed by atoms with van der Waals surface area (Å²) >= 11 is 6.16. The summed E-state index contributed by atoms with van der Waals surface area (Å²) < 4.78 is 2.35. The number of piperazine rings is 1. The zero-order valence-corrected chi connectivity index (χ0v) is 24.8. The lowest BCUT2D eigenvalue weighted by Crippen LogP contribution is -2.49. The number of aryl methyl sites for hydroxylation is 1. The van der Waals surface area contributed by atoms with E-state index in [1.165, 1.54) is 39.0 Å². The first-order valence-electron chi connectivity index (χ1n) is 14.8. The highest BCUT2D eigenvalue weighted by Gasteiger charge is 2.30. The lowest BCUT2D eigenvalue weighted by atomic mass is 9.89. The molecule has 2 aliphatic rings. The summed E-state index contributed by atoms with van der Waals surface area (Å²) in [7, 11) is 2.22. The molecule has 3 aromatic heterocycles. The van der Waals surface area contributed by atoms with Crippen LogP contribution in [0.1, 0.15) is 37.4 Å². The van der Waals surface area contributed by atoms with Crippen LogP contribution < -0.4 is 11.1 Å². The van der Waals surface area contributed by atoms with E-state index in [0.717, 1.165) is 57.3 Å². The van der Waals surface area contributed by atoms with Crippen molar-refractivity contribution in [1.29, 1.82) is 0 Å². The van der Waals surface area contributed by atoms with Gasteiger partial charge >= 0.3 is 0 Å². The monoisotopic (exact) mass is 581 g/mol. The summed E-state index contributed by atoms with van der Waals surface area (Å²) in [5.74, 6) is 1.07. The largest absolute Gasteiger partial charge is 0.383 e. The van der Waals surface area contributed by atoms with Crippen LogP contribution in [0.2, 0.25) is 5.02 Å². The van der Waals surface area contributed by atoms with Gasteiger partial charge in [0.15, 0.2) is 0 Å². The Morgan fingerprint density at radius 2 is 1.64 bits per heavy atom. The average Bonchev–Trinajstić information content (AvgIpc) is 3.40. The Labute approximate surface area is 250 Å². The van der Waals surface area contributed by atoms with Crippen LogP contribution in [0.25, 0.3) is 33.1 Å². The van der Waals surface area contributed by atoms with E-state index in [1.54, 1.807) is 6.33 Å². The van der Waals surface area contributed by atoms with Crippen molar-refractivity contribution in [3.05, 3.63) is 65.7 Å². The third kappa shape index (κ3) is 5.17. The summed E-state index contributed by atoms with van der Waals surface area (Å²) in [6, 6.07) is 15.1. The number of anilines is 3. The van der Waals surface area contributed by atoms with E-state index in [1.807, 2.05) is 37.3 Å². The van der Waals surface area contributed by atoms with Crippen molar-refractivity contribution in [3.63, 3.8) is 0 Å². The summed E-state index contributed by atoms with van der Waals surface area (Å²) in [5.41, 5.74) is 12.1. The minimum Gasteiger partial charge on any atom is -0.383 e. The summed E-state index contributed by atoms with van der Waals surface area (Å²) in [6.07, 6.45) is 8.54. The fraction of sp³-hybridized carbons (Fsp3) is 0.375. The van der Waals surface area contributed by atoms with Gasteiger partial charge in [-0.1, -0.05) is 23.7 Å². The fourth-order valence-electron chi connectivity index (χ4n) is 6.67. The number of nitrogen functional groups attached to an aromatic ring is 1. The maximum Gasteiger partial charge on any atom is 0.228 e. The zero-order chi connectivity index (χ0) is 28.8. The van der Waals surface area contributed by atoms with E-state index in [2.05, 4.69) is 60.0 Å². The van der Waals surface area contributed by atoms with Crippen LogP contribution >= 0.6 is 11.6 Å². The molecule has 3 N–H and O–H groups in total. The number of nitrogens with one attached hydrogen (secondary N) is 1. The highest BCUT2D eigenvalue weighted by Crippen LogP contribution is 2.39. The second-order valence-corrected chi connectivity index (χ2v) is 12.1. The molecule has 0 radical (unpaired) electrons. The molecule has 216 valence electrons. The molecule has 0 atom stereocenters. The van der Waals surface area contributed by atoms with Gasteiger partial charge in [-0.25, -0.2) is 19.9 Å². The van der Waals surface area contributed by atoms with E-state index >= 15 is 0 Å². The molecule has 1 aliphatic carbocycles. The molecule has 1 saturated carbocycles. The first kappa shape index (κ1) is 27.1. The standard InChI is InChI=1S/C32H36ClN9/c1-20-26-17-22(33)5-12-28(26)39-32(37-20)38-23-6-3-21(4-7-23)27-18-42(31-29(27)30(34)35-19-36-31)25-10-8-24(9-11-25)41-15-13-40(2)14-16-41/h3-7,12,17-19,24-25H,8-11,13-16H2,1-2H3,(H2,34,35,36)(H,37,38,39). The second-order valence-electron chi connectivity index (χ2n) is 11.7. The molecule has 5 aromatic rings. The number of hydrogen-bond acceptors (Lipinski definition) is 8. The van der Waals surface area contributed by atoms with Crippen molar-refractivity contribution in [3.8, 4) is 11.1 Å². The Bertz CT molecular complexity index is 1730. The van der Waals surface area contributed by atoms with Gasteiger partial charge in [0, 0.05) is 66.1 Å². The van der Waals surface area contributed by atoms with Gasteiger partial charge in [-0.2, -0.15) is 0 Å². The van der Waals surface area contributed by atoms with E-state index in [-0.39, 0.29) is 0 Å².